The van der Waals surface area contributed by atoms with Crippen molar-refractivity contribution in [3.63, 3.8) is 0 Å². The maximum atomic E-state index is 13.3. The summed E-state index contributed by atoms with van der Waals surface area (Å²) in [6.45, 7) is 5.52. The number of nitrogens with zero attached hydrogens (tertiary/aromatic N) is 1. The van der Waals surface area contributed by atoms with Gasteiger partial charge in [-0.1, -0.05) is 35.9 Å². The number of hydrogen-bond donors (Lipinski definition) is 3. The Morgan fingerprint density at radius 1 is 1.07 bits per heavy atom. The minimum Gasteiger partial charge on any atom is -0.482 e. The lowest BCUT2D eigenvalue weighted by Gasteiger charge is -2.32. The first-order valence-corrected chi connectivity index (χ1v) is 15.2. The number of rotatable bonds is 13. The molecule has 2 aromatic carbocycles. The van der Waals surface area contributed by atoms with Crippen LogP contribution in [0.1, 0.15) is 49.3 Å². The zero-order valence-electron chi connectivity index (χ0n) is 26.2. The first-order valence-electron chi connectivity index (χ1n) is 14.8. The average molecular weight is 653 g/mol. The summed E-state index contributed by atoms with van der Waals surface area (Å²) in [7, 11) is 1.30. The third-order valence-corrected chi connectivity index (χ3v) is 7.68. The summed E-state index contributed by atoms with van der Waals surface area (Å²) in [5, 5.41) is 10.2. The highest BCUT2D eigenvalue weighted by Crippen LogP contribution is 2.40. The van der Waals surface area contributed by atoms with E-state index in [0.717, 1.165) is 16.7 Å². The summed E-state index contributed by atoms with van der Waals surface area (Å²) < 4.78 is 21.9. The van der Waals surface area contributed by atoms with E-state index < -0.39 is 17.9 Å². The molecule has 0 aromatic heterocycles. The second kappa shape index (κ2) is 16.1. The van der Waals surface area contributed by atoms with Gasteiger partial charge in [-0.2, -0.15) is 5.10 Å². The molecule has 13 heteroatoms. The summed E-state index contributed by atoms with van der Waals surface area (Å²) in [6, 6.07) is 12.6. The third-order valence-electron chi connectivity index (χ3n) is 7.39. The van der Waals surface area contributed by atoms with Crippen molar-refractivity contribution in [2.45, 2.75) is 39.5 Å². The van der Waals surface area contributed by atoms with E-state index in [9.17, 15) is 19.2 Å². The molecule has 2 amide bonds. The third kappa shape index (κ3) is 8.32. The highest BCUT2D eigenvalue weighted by atomic mass is 35.5. The van der Waals surface area contributed by atoms with Crippen LogP contribution in [-0.4, -0.2) is 69.5 Å². The van der Waals surface area contributed by atoms with Crippen molar-refractivity contribution >= 4 is 41.1 Å². The smallest absolute Gasteiger partial charge is 0.336 e. The van der Waals surface area contributed by atoms with Crippen molar-refractivity contribution in [2.24, 2.45) is 5.10 Å². The lowest BCUT2D eigenvalue weighted by molar-refractivity contribution is -0.139. The number of halogens is 1. The molecular formula is C33H37ClN4O8. The number of carbonyl (C=O) groups is 4. The SMILES string of the molecule is CCOC(=O)C1=C(COCCNC(=O)COc2ccc(C3=NNC(=O)CC3)cc2Cl)NC(C)=C(C(=O)OC)C1c1ccccc1C. The number of amides is 2. The van der Waals surface area contributed by atoms with E-state index in [1.807, 2.05) is 31.2 Å². The predicted octanol–water partition coefficient (Wildman–Crippen LogP) is 3.43. The molecule has 3 N–H and O–H groups in total. The van der Waals surface area contributed by atoms with Crippen LogP contribution in [0, 0.1) is 6.92 Å². The summed E-state index contributed by atoms with van der Waals surface area (Å²) in [6.07, 6.45) is 0.850. The Balaban J connectivity index is 1.36. The number of benzene rings is 2. The molecule has 2 aromatic rings. The number of hydrogen-bond acceptors (Lipinski definition) is 10. The average Bonchev–Trinajstić information content (AvgIpc) is 3.04. The fourth-order valence-corrected chi connectivity index (χ4v) is 5.41. The molecular weight excluding hydrogens is 616 g/mol. The molecule has 0 aliphatic carbocycles. The molecule has 2 heterocycles. The normalized spacial score (nSPS) is 16.2. The van der Waals surface area contributed by atoms with Gasteiger partial charge >= 0.3 is 11.9 Å². The van der Waals surface area contributed by atoms with Crippen molar-refractivity contribution in [1.82, 2.24) is 16.1 Å². The largest absolute Gasteiger partial charge is 0.482 e. The quantitative estimate of drug-likeness (QED) is 0.218. The fourth-order valence-electron chi connectivity index (χ4n) is 5.17. The number of methoxy groups -OCH3 is 1. The molecule has 1 unspecified atom stereocenters. The number of aryl methyl sites for hydroxylation is 1. The molecule has 0 fully saturated rings. The number of allylic oxidation sites excluding steroid dienone is 1. The minimum atomic E-state index is -0.734. The number of ether oxygens (including phenoxy) is 4. The lowest BCUT2D eigenvalue weighted by Crippen LogP contribution is -2.35. The van der Waals surface area contributed by atoms with E-state index in [1.54, 1.807) is 32.0 Å². The Morgan fingerprint density at radius 3 is 2.52 bits per heavy atom. The molecule has 2 aliphatic rings. The first-order chi connectivity index (χ1) is 22.1. The van der Waals surface area contributed by atoms with Crippen LogP contribution in [0.2, 0.25) is 5.02 Å². The van der Waals surface area contributed by atoms with Crippen LogP contribution >= 0.6 is 11.6 Å². The molecule has 4 rings (SSSR count). The van der Waals surface area contributed by atoms with Gasteiger partial charge in [-0.25, -0.2) is 15.0 Å². The minimum absolute atomic E-state index is 0.00831. The van der Waals surface area contributed by atoms with Gasteiger partial charge in [-0.3, -0.25) is 9.59 Å². The molecule has 0 spiro atoms. The van der Waals surface area contributed by atoms with E-state index in [0.29, 0.717) is 46.3 Å². The molecule has 46 heavy (non-hydrogen) atoms. The van der Waals surface area contributed by atoms with Gasteiger partial charge in [-0.05, 0) is 55.7 Å². The van der Waals surface area contributed by atoms with Gasteiger partial charge in [0.25, 0.3) is 5.91 Å². The standard InChI is InChI=1S/C33H37ClN4O8/c1-5-45-33(42)31-25(36-20(3)29(32(41)43-4)30(31)22-9-7-6-8-19(22)2)17-44-15-14-35-28(40)18-46-26-12-10-21(16-23(26)34)24-11-13-27(39)38-37-24/h6-10,12,16,30,36H,5,11,13-15,17-18H2,1-4H3,(H,35,40)(H,38,39). The molecule has 2 aliphatic heterocycles. The van der Waals surface area contributed by atoms with Crippen LogP contribution in [-0.2, 0) is 33.4 Å². The van der Waals surface area contributed by atoms with E-state index in [1.165, 1.54) is 7.11 Å². The molecule has 0 bridgehead atoms. The number of esters is 2. The Morgan fingerprint density at radius 2 is 1.85 bits per heavy atom. The second-order valence-corrected chi connectivity index (χ2v) is 10.9. The molecule has 0 saturated carbocycles. The van der Waals surface area contributed by atoms with Gasteiger partial charge in [0.05, 0.1) is 60.4 Å². The van der Waals surface area contributed by atoms with Gasteiger partial charge < -0.3 is 29.6 Å². The summed E-state index contributed by atoms with van der Waals surface area (Å²) >= 11 is 6.35. The first kappa shape index (κ1) is 34.2. The molecule has 244 valence electrons. The van der Waals surface area contributed by atoms with Crippen LogP contribution in [0.25, 0.3) is 0 Å². The van der Waals surface area contributed by atoms with Gasteiger partial charge in [0.1, 0.15) is 5.75 Å². The topological polar surface area (TPSA) is 154 Å². The van der Waals surface area contributed by atoms with E-state index >= 15 is 0 Å². The zero-order valence-corrected chi connectivity index (χ0v) is 26.9. The van der Waals surface area contributed by atoms with Crippen LogP contribution in [0.3, 0.4) is 0 Å². The number of dihydropyridines is 1. The van der Waals surface area contributed by atoms with Crippen molar-refractivity contribution in [2.75, 3.05) is 40.1 Å². The van der Waals surface area contributed by atoms with E-state index in [2.05, 4.69) is 21.2 Å². The van der Waals surface area contributed by atoms with Crippen LogP contribution < -0.4 is 20.8 Å². The van der Waals surface area contributed by atoms with E-state index in [-0.39, 0.29) is 50.4 Å². The van der Waals surface area contributed by atoms with Crippen molar-refractivity contribution in [1.29, 1.82) is 0 Å². The molecule has 12 nitrogen and oxygen atoms in total. The van der Waals surface area contributed by atoms with Gasteiger partial charge in [0, 0.05) is 25.1 Å². The van der Waals surface area contributed by atoms with Crippen molar-refractivity contribution in [3.8, 4) is 5.75 Å². The van der Waals surface area contributed by atoms with Gasteiger partial charge in [-0.15, -0.1) is 0 Å². The van der Waals surface area contributed by atoms with Crippen molar-refractivity contribution < 1.29 is 38.1 Å². The maximum absolute atomic E-state index is 13.3. The molecule has 0 saturated heterocycles. The molecule has 1 atom stereocenters. The Hall–Kier alpha value is -4.68. The molecule has 0 radical (unpaired) electrons. The van der Waals surface area contributed by atoms with Crippen LogP contribution in [0.5, 0.6) is 5.75 Å². The van der Waals surface area contributed by atoms with Crippen molar-refractivity contribution in [3.05, 3.63) is 86.7 Å². The maximum Gasteiger partial charge on any atom is 0.336 e. The lowest BCUT2D eigenvalue weighted by atomic mass is 9.78. The van der Waals surface area contributed by atoms with Gasteiger partial charge in [0.2, 0.25) is 5.91 Å². The highest BCUT2D eigenvalue weighted by Gasteiger charge is 2.39. The number of nitrogens with one attached hydrogen (secondary N) is 3. The fraction of sp³-hybridized carbons (Fsp3) is 0.364. The Bertz CT molecular complexity index is 1600. The Kier molecular flexibility index (Phi) is 11.9. The van der Waals surface area contributed by atoms with Crippen LogP contribution in [0.4, 0.5) is 0 Å². The number of carbonyl (C=O) groups excluding carboxylic acids is 4. The summed E-state index contributed by atoms with van der Waals surface area (Å²) in [5.74, 6) is -2.06. The number of hydrazone groups is 1. The van der Waals surface area contributed by atoms with Crippen LogP contribution in [0.15, 0.2) is 70.1 Å². The monoisotopic (exact) mass is 652 g/mol. The Labute approximate surface area is 272 Å². The zero-order chi connectivity index (χ0) is 33.2. The van der Waals surface area contributed by atoms with E-state index in [4.69, 9.17) is 30.5 Å². The second-order valence-electron chi connectivity index (χ2n) is 10.5. The van der Waals surface area contributed by atoms with Gasteiger partial charge in [0.15, 0.2) is 6.61 Å². The summed E-state index contributed by atoms with van der Waals surface area (Å²) in [4.78, 5) is 50.0. The highest BCUT2D eigenvalue weighted by molar-refractivity contribution is 6.32. The summed E-state index contributed by atoms with van der Waals surface area (Å²) in [5.41, 5.74) is 7.11. The predicted molar refractivity (Wildman–Crippen MR) is 170 cm³/mol.